The van der Waals surface area contributed by atoms with Crippen molar-refractivity contribution in [3.8, 4) is 0 Å². The van der Waals surface area contributed by atoms with Gasteiger partial charge in [0.05, 0.1) is 12.3 Å². The van der Waals surface area contributed by atoms with Gasteiger partial charge in [-0.05, 0) is 37.2 Å². The van der Waals surface area contributed by atoms with E-state index in [-0.39, 0.29) is 5.22 Å². The zero-order valence-corrected chi connectivity index (χ0v) is 22.3. The van der Waals surface area contributed by atoms with E-state index in [1.165, 1.54) is 12.0 Å². The van der Waals surface area contributed by atoms with Gasteiger partial charge in [0, 0.05) is 21.1 Å². The summed E-state index contributed by atoms with van der Waals surface area (Å²) < 4.78 is 7.49. The highest BCUT2D eigenvalue weighted by Gasteiger charge is 2.77. The van der Waals surface area contributed by atoms with Gasteiger partial charge in [-0.2, -0.15) is 0 Å². The van der Waals surface area contributed by atoms with Crippen molar-refractivity contribution in [2.75, 3.05) is 0 Å². The molecule has 1 aromatic carbocycles. The molecule has 1 fully saturated rings. The molecule has 3 atom stereocenters. The van der Waals surface area contributed by atoms with E-state index in [0.29, 0.717) is 5.92 Å². The van der Waals surface area contributed by atoms with Crippen LogP contribution in [0.15, 0.2) is 42.5 Å². The Morgan fingerprint density at radius 1 is 0.846 bits per heavy atom. The molecule has 0 aromatic heterocycles. The number of fused-ring (bicyclic) bond motifs is 2. The van der Waals surface area contributed by atoms with Crippen molar-refractivity contribution < 1.29 is 4.43 Å². The summed E-state index contributed by atoms with van der Waals surface area (Å²) >= 11 is 0. The van der Waals surface area contributed by atoms with Crippen LogP contribution >= 0.6 is 0 Å². The SMILES string of the molecule is C[Si](C)(C)O[C@]1(c2ccccc2)[C@@H]2C=C[C@@H](C2)[Si]1([Si](C)(C)C)[Si](C)(C)C. The van der Waals surface area contributed by atoms with Gasteiger partial charge in [-0.15, -0.1) is 0 Å². The zero-order valence-electron chi connectivity index (χ0n) is 18.3. The minimum atomic E-state index is -1.74. The second-order valence-corrected chi connectivity index (χ2v) is 43.2. The Balaban J connectivity index is 2.42. The van der Waals surface area contributed by atoms with Crippen molar-refractivity contribution in [1.82, 2.24) is 0 Å². The first-order valence-corrected chi connectivity index (χ1v) is 24.7. The summed E-state index contributed by atoms with van der Waals surface area (Å²) in [6.45, 7) is 23.3. The van der Waals surface area contributed by atoms with E-state index in [2.05, 4.69) is 101 Å². The van der Waals surface area contributed by atoms with Crippen LogP contribution in [0.4, 0.5) is 0 Å². The fourth-order valence-corrected chi connectivity index (χ4v) is 64.1. The number of hydrogen-bond acceptors (Lipinski definition) is 1. The van der Waals surface area contributed by atoms with Crippen LogP contribution in [0.25, 0.3) is 0 Å². The van der Waals surface area contributed by atoms with Crippen molar-refractivity contribution in [2.24, 2.45) is 5.92 Å². The first kappa shape index (κ1) is 20.5. The van der Waals surface area contributed by atoms with E-state index in [1.807, 2.05) is 0 Å². The fourth-order valence-electron chi connectivity index (χ4n) is 7.07. The molecule has 1 nitrogen and oxygen atoms in total. The molecule has 0 N–H and O–H groups in total. The molecule has 0 unspecified atom stereocenters. The number of benzene rings is 1. The van der Waals surface area contributed by atoms with Crippen LogP contribution in [0.2, 0.25) is 64.5 Å². The molecule has 2 aliphatic rings. The molecule has 26 heavy (non-hydrogen) atoms. The van der Waals surface area contributed by atoms with Crippen LogP contribution in [-0.4, -0.2) is 30.6 Å². The second kappa shape index (κ2) is 6.14. The van der Waals surface area contributed by atoms with Crippen molar-refractivity contribution in [1.29, 1.82) is 0 Å². The molecule has 1 saturated heterocycles. The van der Waals surface area contributed by atoms with E-state index in [4.69, 9.17) is 4.43 Å². The molecule has 0 saturated carbocycles. The lowest BCUT2D eigenvalue weighted by Gasteiger charge is -2.63. The quantitative estimate of drug-likeness (QED) is 0.391. The molecule has 3 rings (SSSR count). The monoisotopic (exact) mass is 418 g/mol. The minimum absolute atomic E-state index is 0.00704. The van der Waals surface area contributed by atoms with Crippen LogP contribution in [0, 0.1) is 5.92 Å². The maximum absolute atomic E-state index is 7.49. The average molecular weight is 419 g/mol. The van der Waals surface area contributed by atoms with Gasteiger partial charge in [-0.3, -0.25) is 0 Å². The molecule has 1 aromatic rings. The highest BCUT2D eigenvalue weighted by atomic mass is 29.6. The molecular formula is C21H38OSi4. The highest BCUT2D eigenvalue weighted by molar-refractivity contribution is 7.70. The first-order chi connectivity index (χ1) is 11.8. The summed E-state index contributed by atoms with van der Waals surface area (Å²) in [6.07, 6.45) is 6.53. The average Bonchev–Trinajstić information content (AvgIpc) is 3.03. The summed E-state index contributed by atoms with van der Waals surface area (Å²) in [6, 6.07) is 11.5. The van der Waals surface area contributed by atoms with Crippen molar-refractivity contribution >= 4 is 30.6 Å². The smallest absolute Gasteiger partial charge is 0.184 e. The van der Waals surface area contributed by atoms with Gasteiger partial charge in [-0.1, -0.05) is 81.8 Å². The number of allylic oxidation sites excluding steroid dienone is 1. The standard InChI is InChI=1S/C21H38OSi4/c1-23(2,3)22-21(18-13-11-10-12-14-18)19-15-16-20(17-19)26(21,24(4,5)6)25(7,8)9/h10-16,19-20H,17H2,1-9H3/t19-,20+,21+/m1/s1. The highest BCUT2D eigenvalue weighted by Crippen LogP contribution is 2.67. The molecule has 144 valence electrons. The number of rotatable bonds is 5. The largest absolute Gasteiger partial charge is 0.411 e. The molecule has 1 aliphatic heterocycles. The van der Waals surface area contributed by atoms with Crippen LogP contribution < -0.4 is 0 Å². The van der Waals surface area contributed by atoms with Gasteiger partial charge in [0.2, 0.25) is 0 Å². The summed E-state index contributed by atoms with van der Waals surface area (Å²) in [7, 11) is -6.33. The normalized spacial score (nSPS) is 30.8. The van der Waals surface area contributed by atoms with E-state index in [9.17, 15) is 0 Å². The van der Waals surface area contributed by atoms with Crippen LogP contribution in [0.1, 0.15) is 12.0 Å². The lowest BCUT2D eigenvalue weighted by atomic mass is 9.95. The lowest BCUT2D eigenvalue weighted by Crippen LogP contribution is -2.83. The predicted octanol–water partition coefficient (Wildman–Crippen LogP) is 6.51. The van der Waals surface area contributed by atoms with Gasteiger partial charge in [0.1, 0.15) is 0 Å². The Labute approximate surface area is 165 Å². The van der Waals surface area contributed by atoms with Gasteiger partial charge in [0.15, 0.2) is 8.32 Å². The molecule has 0 spiro atoms. The molecular weight excluding hydrogens is 381 g/mol. The van der Waals surface area contributed by atoms with E-state index in [0.717, 1.165) is 5.54 Å². The molecule has 0 radical (unpaired) electrons. The maximum atomic E-state index is 7.49. The molecule has 0 amide bonds. The van der Waals surface area contributed by atoms with E-state index in [1.54, 1.807) is 0 Å². The second-order valence-electron chi connectivity index (χ2n) is 11.5. The maximum Gasteiger partial charge on any atom is 0.184 e. The minimum Gasteiger partial charge on any atom is -0.411 e. The summed E-state index contributed by atoms with van der Waals surface area (Å²) in [5.41, 5.74) is 2.33. The Bertz CT molecular complexity index is 679. The summed E-state index contributed by atoms with van der Waals surface area (Å²) in [4.78, 5) is 0. The Morgan fingerprint density at radius 2 is 1.38 bits per heavy atom. The summed E-state index contributed by atoms with van der Waals surface area (Å²) in [5.74, 6) is 0.590. The summed E-state index contributed by atoms with van der Waals surface area (Å²) in [5, 5.41) is 0.00704. The first-order valence-electron chi connectivity index (χ1n) is 10.2. The van der Waals surface area contributed by atoms with Gasteiger partial charge in [-0.25, -0.2) is 0 Å². The van der Waals surface area contributed by atoms with Crippen LogP contribution in [0.5, 0.6) is 0 Å². The van der Waals surface area contributed by atoms with Gasteiger partial charge < -0.3 is 4.43 Å². The Kier molecular flexibility index (Phi) is 4.85. The topological polar surface area (TPSA) is 9.23 Å². The van der Waals surface area contributed by atoms with Gasteiger partial charge in [0.25, 0.3) is 0 Å². The third-order valence-corrected chi connectivity index (χ3v) is 48.3. The predicted molar refractivity (Wildman–Crippen MR) is 126 cm³/mol. The molecule has 2 bridgehead atoms. The zero-order chi connectivity index (χ0) is 19.6. The van der Waals surface area contributed by atoms with Crippen molar-refractivity contribution in [3.63, 3.8) is 0 Å². The van der Waals surface area contributed by atoms with Crippen molar-refractivity contribution in [3.05, 3.63) is 48.0 Å². The fraction of sp³-hybridized carbons (Fsp3) is 0.619. The van der Waals surface area contributed by atoms with Crippen LogP contribution in [0.3, 0.4) is 0 Å². The molecule has 1 aliphatic carbocycles. The third kappa shape index (κ3) is 2.69. The van der Waals surface area contributed by atoms with Gasteiger partial charge >= 0.3 is 0 Å². The number of hydrogen-bond donors (Lipinski definition) is 0. The Morgan fingerprint density at radius 3 is 1.85 bits per heavy atom. The van der Waals surface area contributed by atoms with Crippen molar-refractivity contribution in [2.45, 2.75) is 76.1 Å². The lowest BCUT2D eigenvalue weighted by molar-refractivity contribution is 0.105. The van der Waals surface area contributed by atoms with E-state index < -0.39 is 30.6 Å². The van der Waals surface area contributed by atoms with E-state index >= 15 is 0 Å². The Hall–Kier alpha value is -0.212. The molecule has 1 heterocycles. The van der Waals surface area contributed by atoms with Crippen LogP contribution in [-0.2, 0) is 9.65 Å². The third-order valence-electron chi connectivity index (χ3n) is 6.78. The molecule has 5 heteroatoms.